The summed E-state index contributed by atoms with van der Waals surface area (Å²) in [5.41, 5.74) is 0.860. The van der Waals surface area contributed by atoms with E-state index in [0.29, 0.717) is 5.02 Å². The van der Waals surface area contributed by atoms with Crippen LogP contribution in [-0.2, 0) is 11.0 Å². The highest BCUT2D eigenvalue weighted by Crippen LogP contribution is 2.30. The number of hydrogen-bond donors (Lipinski definition) is 0. The van der Waals surface area contributed by atoms with Crippen LogP contribution in [0.4, 0.5) is 18.9 Å². The molecule has 1 saturated heterocycles. The normalized spacial score (nSPS) is 17.8. The number of piperazine rings is 1. The van der Waals surface area contributed by atoms with Crippen LogP contribution < -0.4 is 4.90 Å². The van der Waals surface area contributed by atoms with Gasteiger partial charge in [0.05, 0.1) is 5.56 Å². The maximum absolute atomic E-state index is 12.8. The molecule has 2 aromatic carbocycles. The predicted octanol–water partition coefficient (Wildman–Crippen LogP) is 4.54. The van der Waals surface area contributed by atoms with Gasteiger partial charge in [-0.3, -0.25) is 9.59 Å². The molecule has 0 aliphatic carbocycles. The first-order chi connectivity index (χ1) is 13.1. The van der Waals surface area contributed by atoms with Gasteiger partial charge in [-0.2, -0.15) is 13.2 Å². The van der Waals surface area contributed by atoms with Gasteiger partial charge in [0.25, 0.3) is 5.91 Å². The van der Waals surface area contributed by atoms with Crippen LogP contribution in [0.1, 0.15) is 28.4 Å². The Morgan fingerprint density at radius 1 is 1.11 bits per heavy atom. The average molecular weight is 411 g/mol. The third kappa shape index (κ3) is 3.85. The molecule has 0 bridgehead atoms. The van der Waals surface area contributed by atoms with Gasteiger partial charge in [0, 0.05) is 29.4 Å². The number of amides is 2. The number of nitrogens with zero attached hydrogens (tertiary/aromatic N) is 2. The summed E-state index contributed by atoms with van der Waals surface area (Å²) in [6.07, 6.45) is -4.47. The number of halogens is 4. The molecule has 1 unspecified atom stereocenters. The smallest absolute Gasteiger partial charge is 0.325 e. The number of aryl methyl sites for hydroxylation is 1. The molecule has 1 atom stereocenters. The Balaban J connectivity index is 1.79. The van der Waals surface area contributed by atoms with E-state index in [4.69, 9.17) is 11.6 Å². The lowest BCUT2D eigenvalue weighted by Crippen LogP contribution is -2.57. The van der Waals surface area contributed by atoms with Crippen molar-refractivity contribution in [2.24, 2.45) is 0 Å². The maximum Gasteiger partial charge on any atom is 0.416 e. The Hall–Kier alpha value is -2.54. The fourth-order valence-corrected chi connectivity index (χ4v) is 3.50. The lowest BCUT2D eigenvalue weighted by molar-refractivity contribution is -0.137. The van der Waals surface area contributed by atoms with Gasteiger partial charge in [0.2, 0.25) is 5.91 Å². The van der Waals surface area contributed by atoms with E-state index >= 15 is 0 Å². The Labute approximate surface area is 165 Å². The number of carbonyl (C=O) groups is 2. The van der Waals surface area contributed by atoms with Gasteiger partial charge in [-0.25, -0.2) is 0 Å². The van der Waals surface area contributed by atoms with Crippen LogP contribution in [0.5, 0.6) is 0 Å². The number of rotatable bonds is 2. The first-order valence-electron chi connectivity index (χ1n) is 8.65. The molecule has 3 rings (SSSR count). The molecule has 2 amide bonds. The van der Waals surface area contributed by atoms with Crippen molar-refractivity contribution >= 4 is 29.1 Å². The molecule has 2 aromatic rings. The summed E-state index contributed by atoms with van der Waals surface area (Å²) < 4.78 is 38.1. The molecular weight excluding hydrogens is 393 g/mol. The topological polar surface area (TPSA) is 40.6 Å². The number of alkyl halides is 3. The maximum atomic E-state index is 12.8. The summed E-state index contributed by atoms with van der Waals surface area (Å²) in [7, 11) is 0. The second-order valence-electron chi connectivity index (χ2n) is 6.67. The van der Waals surface area contributed by atoms with Gasteiger partial charge in [0.1, 0.15) is 6.04 Å². The van der Waals surface area contributed by atoms with E-state index in [1.54, 1.807) is 30.0 Å². The Morgan fingerprint density at radius 2 is 1.75 bits per heavy atom. The average Bonchev–Trinajstić information content (AvgIpc) is 2.63. The fraction of sp³-hybridized carbons (Fsp3) is 0.300. The highest BCUT2D eigenvalue weighted by Gasteiger charge is 2.36. The standard InChI is InChI=1S/C20H18ClF3N2O2/c1-12-11-16(21)7-8-17(12)26-10-9-25(13(2)18(26)27)19(28)14-3-5-15(6-4-14)20(22,23)24/h3-8,11,13H,9-10H2,1-2H3. The largest absolute Gasteiger partial charge is 0.416 e. The Morgan fingerprint density at radius 3 is 2.32 bits per heavy atom. The van der Waals surface area contributed by atoms with Gasteiger partial charge in [0.15, 0.2) is 0 Å². The number of anilines is 1. The molecule has 1 aliphatic heterocycles. The number of carbonyl (C=O) groups excluding carboxylic acids is 2. The van der Waals surface area contributed by atoms with E-state index in [-0.39, 0.29) is 24.6 Å². The summed E-state index contributed by atoms with van der Waals surface area (Å²) in [4.78, 5) is 28.6. The van der Waals surface area contributed by atoms with Crippen LogP contribution in [0.2, 0.25) is 5.02 Å². The zero-order valence-corrected chi connectivity index (χ0v) is 16.0. The van der Waals surface area contributed by atoms with E-state index in [1.807, 2.05) is 6.92 Å². The molecule has 0 radical (unpaired) electrons. The van der Waals surface area contributed by atoms with Crippen molar-refractivity contribution in [3.63, 3.8) is 0 Å². The van der Waals surface area contributed by atoms with Crippen LogP contribution in [0.15, 0.2) is 42.5 Å². The van der Waals surface area contributed by atoms with E-state index in [2.05, 4.69) is 0 Å². The quantitative estimate of drug-likeness (QED) is 0.729. The van der Waals surface area contributed by atoms with Crippen molar-refractivity contribution in [1.82, 2.24) is 4.90 Å². The molecule has 28 heavy (non-hydrogen) atoms. The van der Waals surface area contributed by atoms with Crippen LogP contribution in [0.3, 0.4) is 0 Å². The van der Waals surface area contributed by atoms with E-state index in [0.717, 1.165) is 35.5 Å². The van der Waals surface area contributed by atoms with E-state index in [9.17, 15) is 22.8 Å². The number of benzene rings is 2. The van der Waals surface area contributed by atoms with Crippen LogP contribution >= 0.6 is 11.6 Å². The third-order valence-corrected chi connectivity index (χ3v) is 5.06. The zero-order chi connectivity index (χ0) is 20.6. The summed E-state index contributed by atoms with van der Waals surface area (Å²) in [6.45, 7) is 4.02. The number of hydrogen-bond acceptors (Lipinski definition) is 2. The Kier molecular flexibility index (Phi) is 5.39. The zero-order valence-electron chi connectivity index (χ0n) is 15.3. The van der Waals surface area contributed by atoms with Crippen molar-refractivity contribution in [1.29, 1.82) is 0 Å². The molecule has 1 heterocycles. The van der Waals surface area contributed by atoms with E-state index in [1.165, 1.54) is 4.90 Å². The predicted molar refractivity (Wildman–Crippen MR) is 100 cm³/mol. The van der Waals surface area contributed by atoms with E-state index < -0.39 is 23.7 Å². The fourth-order valence-electron chi connectivity index (χ4n) is 3.28. The highest BCUT2D eigenvalue weighted by atomic mass is 35.5. The molecule has 1 aliphatic rings. The van der Waals surface area contributed by atoms with Gasteiger partial charge < -0.3 is 9.80 Å². The second-order valence-corrected chi connectivity index (χ2v) is 7.11. The third-order valence-electron chi connectivity index (χ3n) is 4.83. The van der Waals surface area contributed by atoms with Gasteiger partial charge >= 0.3 is 6.18 Å². The van der Waals surface area contributed by atoms with Crippen molar-refractivity contribution in [3.8, 4) is 0 Å². The molecule has 4 nitrogen and oxygen atoms in total. The van der Waals surface area contributed by atoms with Gasteiger partial charge in [-0.05, 0) is 61.9 Å². The SMILES string of the molecule is Cc1cc(Cl)ccc1N1CCN(C(=O)c2ccc(C(F)(F)F)cc2)C(C)C1=O. The molecular formula is C20H18ClF3N2O2. The highest BCUT2D eigenvalue weighted by molar-refractivity contribution is 6.30. The molecule has 0 saturated carbocycles. The van der Waals surface area contributed by atoms with Crippen molar-refractivity contribution < 1.29 is 22.8 Å². The first-order valence-corrected chi connectivity index (χ1v) is 9.03. The van der Waals surface area contributed by atoms with Crippen molar-refractivity contribution in [3.05, 3.63) is 64.2 Å². The molecule has 0 spiro atoms. The van der Waals surface area contributed by atoms with Crippen LogP contribution in [0.25, 0.3) is 0 Å². The minimum atomic E-state index is -4.47. The minimum Gasteiger partial charge on any atom is -0.325 e. The molecule has 0 N–H and O–H groups in total. The first kappa shape index (κ1) is 20.2. The summed E-state index contributed by atoms with van der Waals surface area (Å²) in [5, 5.41) is 0.567. The lowest BCUT2D eigenvalue weighted by atomic mass is 10.1. The summed E-state index contributed by atoms with van der Waals surface area (Å²) in [6, 6.07) is 8.49. The Bertz CT molecular complexity index is 913. The molecule has 1 fully saturated rings. The van der Waals surface area contributed by atoms with Gasteiger partial charge in [-0.15, -0.1) is 0 Å². The van der Waals surface area contributed by atoms with Crippen LogP contribution in [0, 0.1) is 6.92 Å². The lowest BCUT2D eigenvalue weighted by Gasteiger charge is -2.39. The summed E-state index contributed by atoms with van der Waals surface area (Å²) in [5.74, 6) is -0.723. The van der Waals surface area contributed by atoms with Crippen molar-refractivity contribution in [2.75, 3.05) is 18.0 Å². The molecule has 0 aromatic heterocycles. The monoisotopic (exact) mass is 410 g/mol. The molecule has 148 valence electrons. The van der Waals surface area contributed by atoms with Crippen LogP contribution in [-0.4, -0.2) is 35.8 Å². The minimum absolute atomic E-state index is 0.115. The van der Waals surface area contributed by atoms with Gasteiger partial charge in [-0.1, -0.05) is 11.6 Å². The van der Waals surface area contributed by atoms with Crippen molar-refractivity contribution in [2.45, 2.75) is 26.1 Å². The summed E-state index contributed by atoms with van der Waals surface area (Å²) >= 11 is 5.97. The molecule has 8 heteroatoms. The second kappa shape index (κ2) is 7.47.